The Morgan fingerprint density at radius 3 is 2.74 bits per heavy atom. The molecule has 0 saturated carbocycles. The van der Waals surface area contributed by atoms with Crippen LogP contribution in [-0.2, 0) is 12.0 Å². The number of hydrogen-bond acceptors (Lipinski definition) is 3. The number of nitrogens with zero attached hydrogens (tertiary/aromatic N) is 1. The first-order chi connectivity index (χ1) is 9.16. The highest BCUT2D eigenvalue weighted by Crippen LogP contribution is 2.45. The lowest BCUT2D eigenvalue weighted by Gasteiger charge is -2.42. The fourth-order valence-electron chi connectivity index (χ4n) is 4.16. The highest BCUT2D eigenvalue weighted by Gasteiger charge is 2.46. The maximum absolute atomic E-state index is 11.1. The normalized spacial score (nSPS) is 37.2. The number of hydrogen-bond donors (Lipinski definition) is 1. The van der Waals surface area contributed by atoms with Gasteiger partial charge in [0.2, 0.25) is 0 Å². The molecule has 1 N–H and O–H groups in total. The lowest BCUT2D eigenvalue weighted by atomic mass is 9.80. The molecule has 4 rings (SSSR count). The summed E-state index contributed by atoms with van der Waals surface area (Å²) in [5.74, 6) is 1.00. The second-order valence-corrected chi connectivity index (χ2v) is 6.41. The fourth-order valence-corrected chi connectivity index (χ4v) is 4.16. The summed E-state index contributed by atoms with van der Waals surface area (Å²) in [6.07, 6.45) is 5.19. The lowest BCUT2D eigenvalue weighted by Crippen LogP contribution is -2.47. The predicted molar refractivity (Wildman–Crippen MR) is 73.3 cm³/mol. The van der Waals surface area contributed by atoms with E-state index < -0.39 is 5.60 Å². The first-order valence-corrected chi connectivity index (χ1v) is 7.36. The zero-order chi connectivity index (χ0) is 13.0. The van der Waals surface area contributed by atoms with E-state index in [0.29, 0.717) is 12.1 Å². The molecule has 19 heavy (non-hydrogen) atoms. The monoisotopic (exact) mass is 259 g/mol. The minimum absolute atomic E-state index is 0.549. The summed E-state index contributed by atoms with van der Waals surface area (Å²) in [4.78, 5) is 2.46. The van der Waals surface area contributed by atoms with E-state index in [2.05, 4.69) is 24.1 Å². The molecule has 3 nitrogen and oxygen atoms in total. The molecule has 1 aromatic carbocycles. The van der Waals surface area contributed by atoms with Gasteiger partial charge in [-0.2, -0.15) is 0 Å². The van der Waals surface area contributed by atoms with Gasteiger partial charge in [-0.05, 0) is 56.0 Å². The minimum Gasteiger partial charge on any atom is -0.493 e. The van der Waals surface area contributed by atoms with Crippen LogP contribution in [0.2, 0.25) is 0 Å². The van der Waals surface area contributed by atoms with Crippen LogP contribution in [0.3, 0.4) is 0 Å². The maximum atomic E-state index is 11.1. The van der Waals surface area contributed by atoms with Crippen LogP contribution >= 0.6 is 0 Å². The second-order valence-electron chi connectivity index (χ2n) is 6.41. The van der Waals surface area contributed by atoms with Gasteiger partial charge in [-0.1, -0.05) is 6.07 Å². The number of benzene rings is 1. The molecule has 2 unspecified atom stereocenters. The molecule has 3 aliphatic heterocycles. The van der Waals surface area contributed by atoms with Crippen molar-refractivity contribution < 1.29 is 9.84 Å². The van der Waals surface area contributed by atoms with Gasteiger partial charge < -0.3 is 14.7 Å². The Labute approximate surface area is 114 Å². The molecule has 2 saturated heterocycles. The number of fused-ring (bicyclic) bond motifs is 3. The Hall–Kier alpha value is -1.06. The molecule has 0 radical (unpaired) electrons. The molecule has 3 aliphatic rings. The van der Waals surface area contributed by atoms with Crippen LogP contribution in [0.15, 0.2) is 18.2 Å². The van der Waals surface area contributed by atoms with Gasteiger partial charge in [-0.15, -0.1) is 0 Å². The van der Waals surface area contributed by atoms with Crippen LogP contribution in [-0.4, -0.2) is 35.7 Å². The van der Waals surface area contributed by atoms with Crippen LogP contribution in [0.25, 0.3) is 0 Å². The van der Waals surface area contributed by atoms with Crippen LogP contribution in [0.1, 0.15) is 36.8 Å². The van der Waals surface area contributed by atoms with Crippen LogP contribution in [0, 0.1) is 0 Å². The molecule has 0 spiro atoms. The molecule has 2 bridgehead atoms. The summed E-state index contributed by atoms with van der Waals surface area (Å²) in [6.45, 7) is 0.783. The van der Waals surface area contributed by atoms with E-state index >= 15 is 0 Å². The third-order valence-electron chi connectivity index (χ3n) is 5.36. The Kier molecular flexibility index (Phi) is 2.45. The first-order valence-electron chi connectivity index (χ1n) is 7.36. The van der Waals surface area contributed by atoms with Crippen molar-refractivity contribution >= 4 is 0 Å². The van der Waals surface area contributed by atoms with Crippen LogP contribution in [0.5, 0.6) is 5.75 Å². The molecular weight excluding hydrogens is 238 g/mol. The molecule has 0 aromatic heterocycles. The van der Waals surface area contributed by atoms with Gasteiger partial charge in [0.1, 0.15) is 5.75 Å². The number of piperidine rings is 1. The third-order valence-corrected chi connectivity index (χ3v) is 5.36. The van der Waals surface area contributed by atoms with Gasteiger partial charge in [0.15, 0.2) is 0 Å². The summed E-state index contributed by atoms with van der Waals surface area (Å²) in [5, 5.41) is 11.1. The van der Waals surface area contributed by atoms with E-state index in [9.17, 15) is 5.11 Å². The molecule has 2 fully saturated rings. The summed E-state index contributed by atoms with van der Waals surface area (Å²) >= 11 is 0. The highest BCUT2D eigenvalue weighted by atomic mass is 16.5. The summed E-state index contributed by atoms with van der Waals surface area (Å²) in [7, 11) is 2.21. The quantitative estimate of drug-likeness (QED) is 0.838. The summed E-state index contributed by atoms with van der Waals surface area (Å²) in [5.41, 5.74) is 1.73. The predicted octanol–water partition coefficient (Wildman–Crippen LogP) is 2.07. The van der Waals surface area contributed by atoms with Crippen molar-refractivity contribution in [3.63, 3.8) is 0 Å². The molecule has 0 amide bonds. The highest BCUT2D eigenvalue weighted by molar-refractivity contribution is 5.42. The van der Waals surface area contributed by atoms with Crippen molar-refractivity contribution in [2.45, 2.75) is 49.8 Å². The Balaban J connectivity index is 1.68. The molecule has 3 heteroatoms. The smallest absolute Gasteiger partial charge is 0.122 e. The van der Waals surface area contributed by atoms with E-state index in [1.165, 1.54) is 18.4 Å². The molecule has 0 aliphatic carbocycles. The molecule has 102 valence electrons. The second kappa shape index (κ2) is 3.97. The fraction of sp³-hybridized carbons (Fsp3) is 0.625. The van der Waals surface area contributed by atoms with Gasteiger partial charge in [0.25, 0.3) is 0 Å². The van der Waals surface area contributed by atoms with E-state index in [0.717, 1.165) is 37.2 Å². The minimum atomic E-state index is -0.629. The summed E-state index contributed by atoms with van der Waals surface area (Å²) < 4.78 is 5.56. The van der Waals surface area contributed by atoms with E-state index in [4.69, 9.17) is 4.74 Å². The van der Waals surface area contributed by atoms with Gasteiger partial charge >= 0.3 is 0 Å². The Bertz CT molecular complexity index is 499. The molecule has 3 heterocycles. The average molecular weight is 259 g/mol. The average Bonchev–Trinajstić information content (AvgIpc) is 2.94. The van der Waals surface area contributed by atoms with Crippen LogP contribution in [0.4, 0.5) is 0 Å². The van der Waals surface area contributed by atoms with E-state index in [1.54, 1.807) is 0 Å². The van der Waals surface area contributed by atoms with Crippen molar-refractivity contribution in [1.29, 1.82) is 0 Å². The molecule has 2 atom stereocenters. The van der Waals surface area contributed by atoms with Crippen molar-refractivity contribution in [2.75, 3.05) is 13.7 Å². The maximum Gasteiger partial charge on any atom is 0.122 e. The number of aliphatic hydroxyl groups is 1. The zero-order valence-corrected chi connectivity index (χ0v) is 11.4. The van der Waals surface area contributed by atoms with E-state index in [1.807, 2.05) is 6.07 Å². The van der Waals surface area contributed by atoms with Gasteiger partial charge in [-0.25, -0.2) is 0 Å². The van der Waals surface area contributed by atoms with Crippen molar-refractivity contribution in [3.8, 4) is 5.75 Å². The van der Waals surface area contributed by atoms with E-state index in [-0.39, 0.29) is 0 Å². The first kappa shape index (κ1) is 11.7. The van der Waals surface area contributed by atoms with Crippen LogP contribution < -0.4 is 4.74 Å². The largest absolute Gasteiger partial charge is 0.493 e. The summed E-state index contributed by atoms with van der Waals surface area (Å²) in [6, 6.07) is 7.37. The van der Waals surface area contributed by atoms with Crippen molar-refractivity contribution in [3.05, 3.63) is 29.3 Å². The third kappa shape index (κ3) is 1.72. The van der Waals surface area contributed by atoms with Crippen molar-refractivity contribution in [1.82, 2.24) is 4.90 Å². The van der Waals surface area contributed by atoms with Crippen molar-refractivity contribution in [2.24, 2.45) is 0 Å². The Morgan fingerprint density at radius 2 is 2.00 bits per heavy atom. The topological polar surface area (TPSA) is 32.7 Å². The number of rotatable bonds is 1. The lowest BCUT2D eigenvalue weighted by molar-refractivity contribution is -0.0493. The standard InChI is InChI=1S/C16H21NO2/c1-17-13-3-4-14(17)10-16(18,9-13)12-2-5-15-11(8-12)6-7-19-15/h2,5,8,13-14,18H,3-4,6-7,9-10H2,1H3. The van der Waals surface area contributed by atoms with Gasteiger partial charge in [0.05, 0.1) is 12.2 Å². The number of ether oxygens (including phenoxy) is 1. The van der Waals surface area contributed by atoms with Gasteiger partial charge in [0, 0.05) is 18.5 Å². The molecule has 1 aromatic rings. The SMILES string of the molecule is CN1C2CCC1CC(O)(c1ccc3c(c1)CCO3)C2. The van der Waals surface area contributed by atoms with Gasteiger partial charge in [-0.3, -0.25) is 0 Å². The Morgan fingerprint density at radius 1 is 1.26 bits per heavy atom. The molecular formula is C16H21NO2. The zero-order valence-electron chi connectivity index (χ0n) is 11.4.